The quantitative estimate of drug-likeness (QED) is 0.0495. The number of aliphatic hydroxyl groups is 1. The molecular formula is C47H59N3O6. The zero-order chi connectivity index (χ0) is 39.5. The topological polar surface area (TPSA) is 161 Å². The lowest BCUT2D eigenvalue weighted by molar-refractivity contribution is -0.114. The Morgan fingerprint density at radius 1 is 1.07 bits per heavy atom. The van der Waals surface area contributed by atoms with Gasteiger partial charge in [-0.2, -0.15) is 0 Å². The van der Waals surface area contributed by atoms with Gasteiger partial charge in [-0.1, -0.05) is 68.0 Å². The molecule has 56 heavy (non-hydrogen) atoms. The third-order valence-electron chi connectivity index (χ3n) is 13.1. The maximum Gasteiger partial charge on any atom is 0.186 e. The fourth-order valence-electron chi connectivity index (χ4n) is 10.7. The fourth-order valence-corrected chi connectivity index (χ4v) is 10.7. The van der Waals surface area contributed by atoms with Crippen molar-refractivity contribution in [3.05, 3.63) is 88.0 Å². The number of guanidine groups is 1. The number of fused-ring (bicyclic) bond motifs is 4. The number of hydrogen-bond acceptors (Lipinski definition) is 7. The molecule has 0 aromatic heterocycles. The number of aliphatic imine (C=N–C) groups is 1. The van der Waals surface area contributed by atoms with Gasteiger partial charge in [-0.15, -0.1) is 0 Å². The van der Waals surface area contributed by atoms with E-state index in [0.29, 0.717) is 30.9 Å². The first-order valence-electron chi connectivity index (χ1n) is 20.8. The Morgan fingerprint density at radius 3 is 2.59 bits per heavy atom. The average molecular weight is 762 g/mol. The van der Waals surface area contributed by atoms with Gasteiger partial charge in [0.15, 0.2) is 23.2 Å². The van der Waals surface area contributed by atoms with Crippen molar-refractivity contribution in [3.8, 4) is 29.1 Å². The number of nitrogens with zero attached hydrogens (tertiary/aromatic N) is 1. The average Bonchev–Trinajstić information content (AvgIpc) is 3.69. The monoisotopic (exact) mass is 761 g/mol. The molecule has 0 amide bonds. The molecule has 2 aromatic carbocycles. The van der Waals surface area contributed by atoms with E-state index >= 15 is 0 Å². The number of aryl methyl sites for hydroxylation is 1. The highest BCUT2D eigenvalue weighted by molar-refractivity contribution is 5.90. The minimum Gasteiger partial charge on any atom is -0.508 e. The van der Waals surface area contributed by atoms with E-state index < -0.39 is 0 Å². The smallest absolute Gasteiger partial charge is 0.186 e. The highest BCUT2D eigenvalue weighted by Gasteiger charge is 2.53. The summed E-state index contributed by atoms with van der Waals surface area (Å²) in [5.74, 6) is 7.73. The van der Waals surface area contributed by atoms with E-state index in [1.807, 2.05) is 25.1 Å². The second-order valence-corrected chi connectivity index (χ2v) is 16.8. The predicted molar refractivity (Wildman–Crippen MR) is 219 cm³/mol. The second kappa shape index (κ2) is 17.3. The summed E-state index contributed by atoms with van der Waals surface area (Å²) in [6.45, 7) is 4.19. The molecule has 2 saturated carbocycles. The van der Waals surface area contributed by atoms with Gasteiger partial charge in [0.05, 0.1) is 24.9 Å². The molecule has 4 bridgehead atoms. The number of hydrogen-bond donors (Lipinski definition) is 5. The van der Waals surface area contributed by atoms with Crippen LogP contribution in [0, 0.1) is 41.4 Å². The molecule has 2 fully saturated rings. The molecule has 9 heteroatoms. The van der Waals surface area contributed by atoms with Crippen molar-refractivity contribution >= 4 is 11.7 Å². The molecule has 2 aromatic rings. The van der Waals surface area contributed by atoms with Crippen molar-refractivity contribution in [1.29, 1.82) is 0 Å². The van der Waals surface area contributed by atoms with Crippen LogP contribution in [0.3, 0.4) is 0 Å². The third kappa shape index (κ3) is 8.15. The minimum absolute atomic E-state index is 0.00315. The number of benzene rings is 2. The molecule has 0 unspecified atom stereocenters. The van der Waals surface area contributed by atoms with Crippen LogP contribution in [-0.2, 0) is 16.0 Å². The van der Waals surface area contributed by atoms with E-state index in [4.69, 9.17) is 25.9 Å². The molecule has 0 saturated heterocycles. The molecule has 5 aliphatic rings. The summed E-state index contributed by atoms with van der Waals surface area (Å²) in [5.41, 5.74) is 17.7. The van der Waals surface area contributed by atoms with Crippen LogP contribution in [-0.4, -0.2) is 59.0 Å². The van der Waals surface area contributed by atoms with Crippen LogP contribution in [0.1, 0.15) is 112 Å². The Labute approximate surface area is 332 Å². The van der Waals surface area contributed by atoms with Crippen molar-refractivity contribution in [2.75, 3.05) is 13.7 Å². The first-order valence-corrected chi connectivity index (χ1v) is 20.8. The largest absolute Gasteiger partial charge is 0.508 e. The van der Waals surface area contributed by atoms with Crippen molar-refractivity contribution in [1.82, 2.24) is 0 Å². The maximum absolute atomic E-state index is 13.5. The third-order valence-corrected chi connectivity index (χ3v) is 13.1. The Kier molecular flexibility index (Phi) is 12.3. The van der Waals surface area contributed by atoms with E-state index in [0.717, 1.165) is 72.8 Å². The zero-order valence-electron chi connectivity index (χ0n) is 33.1. The van der Waals surface area contributed by atoms with Crippen LogP contribution in [0.4, 0.5) is 0 Å². The molecule has 0 aliphatic heterocycles. The summed E-state index contributed by atoms with van der Waals surface area (Å²) in [6.07, 6.45) is 16.5. The van der Waals surface area contributed by atoms with Gasteiger partial charge in [0, 0.05) is 54.7 Å². The number of nitrogens with two attached hydrogens (primary N) is 2. The summed E-state index contributed by atoms with van der Waals surface area (Å²) in [4.78, 5) is 18.2. The molecule has 0 spiro atoms. The van der Waals surface area contributed by atoms with Gasteiger partial charge in [-0.3, -0.25) is 4.79 Å². The SMILES string of the molecule is CCC/C(=C/C(=O)CCc1cc(OC2CCCC2)c(O)c2c1C#CC[C@@H](N=C(N)N)[C@H]1C=C[C@@H](OC)[C@H]3[C@@H]1C=C1[C@H](c4cccc(O)c4)C[C@@H](C)C[C@H]1[C@H]23)CO. The number of carbonyl (C=O) groups excluding carboxylic acids is 1. The number of ether oxygens (including phenoxy) is 2. The van der Waals surface area contributed by atoms with Crippen LogP contribution >= 0.6 is 0 Å². The fraction of sp³-hybridized carbons (Fsp3) is 0.532. The molecule has 0 radical (unpaired) electrons. The van der Waals surface area contributed by atoms with Crippen LogP contribution in [0.15, 0.2) is 70.8 Å². The number of methoxy groups -OCH3 is 1. The van der Waals surface area contributed by atoms with E-state index in [1.54, 1.807) is 19.3 Å². The lowest BCUT2D eigenvalue weighted by Crippen LogP contribution is -2.49. The lowest BCUT2D eigenvalue weighted by Gasteiger charge is -2.53. The molecule has 298 valence electrons. The Morgan fingerprint density at radius 2 is 1.88 bits per heavy atom. The standard InChI is InChI=1S/C47H59N3O6/c1-4-9-28(26-51)22-32(53)17-16-30-24-42(56-33-12-5-6-13-33)46(54)45-34(30)14-8-15-40(50-47(48)49)35-18-19-41(55-3)43-39(35)25-37-36(29-10-7-11-31(52)23-29)20-27(2)21-38(37)44(43)45/h7,10-11,18-19,22-25,27,33,35-36,38-41,43-44,51-52,54H,4-6,9,12-13,15-17,20-21,26H2,1-3H3,(H4,48,49,50)/b28-22-/t27-,35+,36+,38-,39-,40-,41-,43-,44+/m1/s1. The Balaban J connectivity index is 1.47. The molecular weight excluding hydrogens is 703 g/mol. The van der Waals surface area contributed by atoms with Gasteiger partial charge in [-0.05, 0) is 110 Å². The number of carbonyl (C=O) groups is 1. The van der Waals surface area contributed by atoms with E-state index in [2.05, 4.69) is 43.1 Å². The van der Waals surface area contributed by atoms with E-state index in [1.165, 1.54) is 5.57 Å². The molecule has 5 aliphatic carbocycles. The summed E-state index contributed by atoms with van der Waals surface area (Å²) >= 11 is 0. The van der Waals surface area contributed by atoms with Crippen LogP contribution in [0.25, 0.3) is 0 Å². The summed E-state index contributed by atoms with van der Waals surface area (Å²) < 4.78 is 13.1. The highest BCUT2D eigenvalue weighted by atomic mass is 16.5. The summed E-state index contributed by atoms with van der Waals surface area (Å²) in [7, 11) is 1.76. The number of phenols is 2. The second-order valence-electron chi connectivity index (χ2n) is 16.8. The van der Waals surface area contributed by atoms with Gasteiger partial charge in [-0.25, -0.2) is 4.99 Å². The van der Waals surface area contributed by atoms with E-state index in [9.17, 15) is 20.1 Å². The van der Waals surface area contributed by atoms with Gasteiger partial charge in [0.25, 0.3) is 0 Å². The van der Waals surface area contributed by atoms with Crippen molar-refractivity contribution < 1.29 is 29.6 Å². The van der Waals surface area contributed by atoms with Gasteiger partial charge in [0.1, 0.15) is 5.75 Å². The number of ketones is 1. The van der Waals surface area contributed by atoms with E-state index in [-0.39, 0.29) is 90.0 Å². The van der Waals surface area contributed by atoms with Crippen LogP contribution in [0.5, 0.6) is 17.2 Å². The molecule has 9 nitrogen and oxygen atoms in total. The van der Waals surface area contributed by atoms with Gasteiger partial charge >= 0.3 is 0 Å². The zero-order valence-corrected chi connectivity index (χ0v) is 33.1. The number of aromatic hydroxyl groups is 2. The molecule has 9 atom stereocenters. The molecule has 0 heterocycles. The van der Waals surface area contributed by atoms with Gasteiger partial charge in [0.2, 0.25) is 0 Å². The van der Waals surface area contributed by atoms with Crippen LogP contribution < -0.4 is 16.2 Å². The summed E-state index contributed by atoms with van der Waals surface area (Å²) in [5, 5.41) is 33.3. The minimum atomic E-state index is -0.324. The Bertz CT molecular complexity index is 1960. The summed E-state index contributed by atoms with van der Waals surface area (Å²) in [6, 6.07) is 9.23. The normalized spacial score (nSPS) is 29.6. The molecule has 7 N–H and O–H groups in total. The lowest BCUT2D eigenvalue weighted by atomic mass is 9.51. The number of allylic oxidation sites excluding steroid dienone is 3. The van der Waals surface area contributed by atoms with Crippen LogP contribution in [0.2, 0.25) is 0 Å². The first kappa shape index (κ1) is 39.7. The first-order chi connectivity index (χ1) is 27.1. The Hall–Kier alpha value is -4.52. The van der Waals surface area contributed by atoms with Crippen molar-refractivity contribution in [3.63, 3.8) is 0 Å². The van der Waals surface area contributed by atoms with Crippen molar-refractivity contribution in [2.24, 2.45) is 46.0 Å². The van der Waals surface area contributed by atoms with Crippen molar-refractivity contribution in [2.45, 2.75) is 115 Å². The number of rotatable bonds is 12. The maximum atomic E-state index is 13.5. The van der Waals surface area contributed by atoms with Gasteiger partial charge < -0.3 is 36.3 Å². The predicted octanol–water partition coefficient (Wildman–Crippen LogP) is 7.32. The number of aliphatic hydroxyl groups excluding tert-OH is 1. The number of phenolic OH excluding ortho intramolecular Hbond substituents is 2. The highest BCUT2D eigenvalue weighted by Crippen LogP contribution is 2.61. The molecule has 7 rings (SSSR count).